The number of aliphatic hydroxyl groups is 1. The first-order valence-electron chi connectivity index (χ1n) is 7.20. The second-order valence-corrected chi connectivity index (χ2v) is 7.69. The fraction of sp³-hybridized carbons (Fsp3) is 0.467. The van der Waals surface area contributed by atoms with E-state index in [4.69, 9.17) is 22.4 Å². The Morgan fingerprint density at radius 1 is 1.38 bits per heavy atom. The number of fused-ring (bicyclic) bond motifs is 1. The van der Waals surface area contributed by atoms with Crippen molar-refractivity contribution in [3.05, 3.63) is 29.0 Å². The summed E-state index contributed by atoms with van der Waals surface area (Å²) in [6.07, 6.45) is -1.11. The quantitative estimate of drug-likeness (QED) is 0.572. The van der Waals surface area contributed by atoms with Gasteiger partial charge in [-0.1, -0.05) is 11.6 Å². The van der Waals surface area contributed by atoms with Crippen molar-refractivity contribution < 1.29 is 29.3 Å². The molecule has 2 aliphatic carbocycles. The zero-order valence-corrected chi connectivity index (χ0v) is 13.8. The van der Waals surface area contributed by atoms with Gasteiger partial charge < -0.3 is 21.1 Å². The number of hydrogen-bond acceptors (Lipinski definition) is 5. The second-order valence-electron chi connectivity index (χ2n) is 6.19. The lowest BCUT2D eigenvalue weighted by Gasteiger charge is -2.32. The van der Waals surface area contributed by atoms with E-state index in [2.05, 4.69) is 0 Å². The predicted molar refractivity (Wildman–Crippen MR) is 84.3 cm³/mol. The summed E-state index contributed by atoms with van der Waals surface area (Å²) in [6, 6.07) is 4.09. The number of nitrogens with two attached hydrogens (primary N) is 1. The van der Waals surface area contributed by atoms with Crippen LogP contribution in [0.2, 0.25) is 5.02 Å². The van der Waals surface area contributed by atoms with Crippen LogP contribution >= 0.6 is 23.4 Å². The minimum atomic E-state index is -1.80. The number of halogens is 2. The number of hydrogen-bond donors (Lipinski definition) is 4. The lowest BCUT2D eigenvalue weighted by molar-refractivity contribution is -0.148. The van der Waals surface area contributed by atoms with Gasteiger partial charge in [0.2, 0.25) is 0 Å². The van der Waals surface area contributed by atoms with E-state index < -0.39 is 53.1 Å². The van der Waals surface area contributed by atoms with Crippen molar-refractivity contribution in [3.63, 3.8) is 0 Å². The van der Waals surface area contributed by atoms with E-state index in [0.717, 1.165) is 0 Å². The molecule has 2 fully saturated rings. The van der Waals surface area contributed by atoms with Crippen LogP contribution in [0.25, 0.3) is 0 Å². The molecule has 6 atom stereocenters. The van der Waals surface area contributed by atoms with Crippen LogP contribution in [0.3, 0.4) is 0 Å². The van der Waals surface area contributed by atoms with Crippen LogP contribution in [-0.2, 0) is 9.59 Å². The van der Waals surface area contributed by atoms with Crippen molar-refractivity contribution in [2.24, 2.45) is 29.4 Å². The summed E-state index contributed by atoms with van der Waals surface area (Å²) in [5.41, 5.74) is 4.24. The highest BCUT2D eigenvalue weighted by Crippen LogP contribution is 2.64. The summed E-state index contributed by atoms with van der Waals surface area (Å²) >= 11 is 6.90. The second kappa shape index (κ2) is 5.87. The first-order chi connectivity index (χ1) is 11.2. The Balaban J connectivity index is 1.79. The minimum Gasteiger partial charge on any atom is -0.481 e. The molecule has 2 saturated carbocycles. The largest absolute Gasteiger partial charge is 0.481 e. The van der Waals surface area contributed by atoms with E-state index in [9.17, 15) is 24.2 Å². The van der Waals surface area contributed by atoms with Gasteiger partial charge in [0.1, 0.15) is 11.4 Å². The molecule has 0 saturated heterocycles. The van der Waals surface area contributed by atoms with Crippen molar-refractivity contribution in [3.8, 4) is 0 Å². The minimum absolute atomic E-state index is 0.0574. The number of rotatable bonds is 5. The molecule has 2 aliphatic rings. The maximum absolute atomic E-state index is 13.2. The highest BCUT2D eigenvalue weighted by Gasteiger charge is 2.77. The van der Waals surface area contributed by atoms with Gasteiger partial charge >= 0.3 is 11.9 Å². The number of benzene rings is 1. The number of carboxylic acids is 2. The van der Waals surface area contributed by atoms with Gasteiger partial charge in [-0.3, -0.25) is 9.59 Å². The van der Waals surface area contributed by atoms with Crippen LogP contribution in [-0.4, -0.2) is 44.7 Å². The third kappa shape index (κ3) is 2.48. The van der Waals surface area contributed by atoms with Gasteiger partial charge in [-0.25, -0.2) is 4.39 Å². The summed E-state index contributed by atoms with van der Waals surface area (Å²) in [4.78, 5) is 23.5. The highest BCUT2D eigenvalue weighted by atomic mass is 35.5. The Kier molecular flexibility index (Phi) is 4.28. The molecule has 0 spiro atoms. The molecular weight excluding hydrogens is 361 g/mol. The Morgan fingerprint density at radius 2 is 2.04 bits per heavy atom. The Labute approximate surface area is 145 Å². The molecule has 6 nitrogen and oxygen atoms in total. The summed E-state index contributed by atoms with van der Waals surface area (Å²) in [5.74, 6) is -6.04. The van der Waals surface area contributed by atoms with Gasteiger partial charge in [0.15, 0.2) is 0 Å². The summed E-state index contributed by atoms with van der Waals surface area (Å²) < 4.78 is 13.2. The number of carboxylic acid groups (broad SMARTS) is 2. The number of carbonyl (C=O) groups is 2. The van der Waals surface area contributed by atoms with E-state index >= 15 is 0 Å². The topological polar surface area (TPSA) is 121 Å². The molecule has 130 valence electrons. The van der Waals surface area contributed by atoms with Crippen molar-refractivity contribution >= 4 is 35.3 Å². The molecule has 0 aliphatic heterocycles. The molecule has 3 rings (SSSR count). The van der Waals surface area contributed by atoms with Crippen molar-refractivity contribution in [1.29, 1.82) is 0 Å². The Morgan fingerprint density at radius 3 is 2.58 bits per heavy atom. The highest BCUT2D eigenvalue weighted by molar-refractivity contribution is 7.99. The van der Waals surface area contributed by atoms with Gasteiger partial charge in [0, 0.05) is 28.4 Å². The van der Waals surface area contributed by atoms with Crippen molar-refractivity contribution in [1.82, 2.24) is 0 Å². The van der Waals surface area contributed by atoms with Gasteiger partial charge in [0.05, 0.1) is 17.0 Å². The van der Waals surface area contributed by atoms with E-state index in [-0.39, 0.29) is 10.8 Å². The Bertz CT molecular complexity index is 719. The molecule has 0 amide bonds. The third-order valence-electron chi connectivity index (χ3n) is 5.02. The fourth-order valence-electron chi connectivity index (χ4n) is 3.78. The average Bonchev–Trinajstić information content (AvgIpc) is 3.21. The van der Waals surface area contributed by atoms with Gasteiger partial charge in [-0.2, -0.15) is 0 Å². The van der Waals surface area contributed by atoms with Gasteiger partial charge in [0.25, 0.3) is 0 Å². The predicted octanol–water partition coefficient (Wildman–Crippen LogP) is 1.29. The molecular formula is C15H15ClFNO5S. The normalized spacial score (nSPS) is 37.1. The lowest BCUT2D eigenvalue weighted by atomic mass is 9.81. The van der Waals surface area contributed by atoms with Crippen LogP contribution in [0.5, 0.6) is 0 Å². The summed E-state index contributed by atoms with van der Waals surface area (Å²) in [5, 5.41) is 29.0. The molecule has 24 heavy (non-hydrogen) atoms. The summed E-state index contributed by atoms with van der Waals surface area (Å²) in [6.45, 7) is 0. The summed E-state index contributed by atoms with van der Waals surface area (Å²) in [7, 11) is 0. The van der Waals surface area contributed by atoms with Crippen LogP contribution in [0.1, 0.15) is 0 Å². The van der Waals surface area contributed by atoms with Crippen molar-refractivity contribution in [2.45, 2.75) is 16.5 Å². The smallest absolute Gasteiger partial charge is 0.324 e. The van der Waals surface area contributed by atoms with Gasteiger partial charge in [-0.05, 0) is 18.2 Å². The van der Waals surface area contributed by atoms with E-state index in [1.165, 1.54) is 30.0 Å². The first-order valence-corrected chi connectivity index (χ1v) is 8.57. The standard InChI is InChI=1S/C15H15ClFNO5S/c16-7-3-5(1-2-8(7)17)24-4-6-12(19)9-10(13(20)21)11(9)15(6,18)14(22)23/h1-3,6,9-12,19H,4,18H2,(H,20,21)(H,22,23). The average molecular weight is 376 g/mol. The molecule has 0 radical (unpaired) electrons. The maximum atomic E-state index is 13.2. The zero-order valence-electron chi connectivity index (χ0n) is 12.2. The SMILES string of the molecule is NC1(C(=O)O)C(CSc2ccc(F)c(Cl)c2)C(O)C2C(C(=O)O)C21. The zero-order chi connectivity index (χ0) is 17.8. The molecule has 1 aromatic rings. The van der Waals surface area contributed by atoms with E-state index in [1.54, 1.807) is 0 Å². The molecule has 0 heterocycles. The third-order valence-corrected chi connectivity index (χ3v) is 6.43. The van der Waals surface area contributed by atoms with Crippen molar-refractivity contribution in [2.75, 3.05) is 5.75 Å². The molecule has 5 N–H and O–H groups in total. The Hall–Kier alpha value is -1.35. The molecule has 6 unspecified atom stereocenters. The molecule has 1 aromatic carbocycles. The number of aliphatic hydroxyl groups excluding tert-OH is 1. The number of thioether (sulfide) groups is 1. The van der Waals surface area contributed by atoms with Gasteiger partial charge in [-0.15, -0.1) is 11.8 Å². The lowest BCUT2D eigenvalue weighted by Crippen LogP contribution is -2.58. The van der Waals surface area contributed by atoms with Crippen LogP contribution in [0, 0.1) is 29.5 Å². The maximum Gasteiger partial charge on any atom is 0.324 e. The molecule has 9 heteroatoms. The monoisotopic (exact) mass is 375 g/mol. The fourth-order valence-corrected chi connectivity index (χ4v) is 5.24. The van der Waals surface area contributed by atoms with Crippen LogP contribution in [0.15, 0.2) is 23.1 Å². The molecule has 0 bridgehead atoms. The van der Waals surface area contributed by atoms with E-state index in [1.807, 2.05) is 0 Å². The number of aliphatic carboxylic acids is 2. The van der Waals surface area contributed by atoms with E-state index in [0.29, 0.717) is 4.90 Å². The van der Waals surface area contributed by atoms with Crippen LogP contribution < -0.4 is 5.73 Å². The molecule has 0 aromatic heterocycles. The van der Waals surface area contributed by atoms with Crippen LogP contribution in [0.4, 0.5) is 4.39 Å². The first kappa shape index (κ1) is 17.5.